The molecule has 0 amide bonds. The molecule has 2 N–H and O–H groups in total. The second kappa shape index (κ2) is 1.92. The minimum atomic E-state index is -0.208. The third-order valence-electron chi connectivity index (χ3n) is 0.646. The number of rotatable bonds is 1. The molecule has 0 saturated carbocycles. The molecular weight excluding hydrogens is 122 g/mol. The first-order valence-electron chi connectivity index (χ1n) is 2.00. The van der Waals surface area contributed by atoms with Gasteiger partial charge in [0.05, 0.1) is 0 Å². The minimum absolute atomic E-state index is 0.208. The van der Waals surface area contributed by atoms with Crippen LogP contribution in [0.25, 0.3) is 0 Å². The maximum absolute atomic E-state index is 6.77. The minimum Gasteiger partial charge on any atom is -0.281 e. The van der Waals surface area contributed by atoms with Crippen LogP contribution in [-0.4, -0.2) is 10.8 Å². The molecule has 1 radical (unpaired) electrons. The molecule has 0 aliphatic heterocycles. The standard InChI is InChI=1S/C4H4N3S/c5-3(6)4-7-1-2-8-4/h1-2,5-6H. The molecule has 0 aromatic carbocycles. The van der Waals surface area contributed by atoms with Gasteiger partial charge in [0.1, 0.15) is 0 Å². The van der Waals surface area contributed by atoms with Gasteiger partial charge < -0.3 is 0 Å². The van der Waals surface area contributed by atoms with Gasteiger partial charge in [-0.25, -0.2) is 4.98 Å². The van der Waals surface area contributed by atoms with Crippen molar-refractivity contribution in [3.8, 4) is 0 Å². The Morgan fingerprint density at radius 2 is 2.50 bits per heavy atom. The van der Waals surface area contributed by atoms with E-state index in [0.717, 1.165) is 0 Å². The van der Waals surface area contributed by atoms with Crippen LogP contribution in [0.5, 0.6) is 0 Å². The maximum Gasteiger partial charge on any atom is 0.173 e. The van der Waals surface area contributed by atoms with Gasteiger partial charge in [0.25, 0.3) is 0 Å². The van der Waals surface area contributed by atoms with Crippen LogP contribution in [0.15, 0.2) is 11.6 Å². The summed E-state index contributed by atoms with van der Waals surface area (Å²) in [6.07, 6.45) is 1.59. The van der Waals surface area contributed by atoms with Gasteiger partial charge in [0.15, 0.2) is 10.8 Å². The second-order valence-corrected chi connectivity index (χ2v) is 2.11. The molecule has 0 bridgehead atoms. The van der Waals surface area contributed by atoms with Gasteiger partial charge >= 0.3 is 0 Å². The SMILES string of the molecule is [NH]C(=N)c1nccs1. The van der Waals surface area contributed by atoms with E-state index in [2.05, 4.69) is 4.98 Å². The molecule has 1 rings (SSSR count). The van der Waals surface area contributed by atoms with E-state index in [0.29, 0.717) is 5.01 Å². The summed E-state index contributed by atoms with van der Waals surface area (Å²) < 4.78 is 0. The van der Waals surface area contributed by atoms with Crippen molar-refractivity contribution in [2.24, 2.45) is 0 Å². The largest absolute Gasteiger partial charge is 0.281 e. The molecule has 0 fully saturated rings. The van der Waals surface area contributed by atoms with Crippen LogP contribution >= 0.6 is 11.3 Å². The fourth-order valence-corrected chi connectivity index (χ4v) is 0.837. The van der Waals surface area contributed by atoms with Crippen LogP contribution < -0.4 is 5.73 Å². The number of amidine groups is 1. The number of nitrogens with zero attached hydrogens (tertiary/aromatic N) is 1. The lowest BCUT2D eigenvalue weighted by Crippen LogP contribution is -1.96. The number of hydrogen-bond acceptors (Lipinski definition) is 3. The van der Waals surface area contributed by atoms with E-state index in [-0.39, 0.29) is 5.84 Å². The van der Waals surface area contributed by atoms with Gasteiger partial charge in [-0.1, -0.05) is 0 Å². The molecule has 41 valence electrons. The molecule has 0 aliphatic rings. The zero-order valence-corrected chi connectivity index (χ0v) is 4.83. The Kier molecular flexibility index (Phi) is 1.26. The number of nitrogens with one attached hydrogen (secondary N) is 2. The van der Waals surface area contributed by atoms with Gasteiger partial charge in [0, 0.05) is 11.6 Å². The molecule has 0 saturated heterocycles. The molecule has 8 heavy (non-hydrogen) atoms. The van der Waals surface area contributed by atoms with Crippen molar-refractivity contribution in [3.05, 3.63) is 16.6 Å². The Morgan fingerprint density at radius 1 is 1.75 bits per heavy atom. The third-order valence-corrected chi connectivity index (χ3v) is 1.44. The fraction of sp³-hybridized carbons (Fsp3) is 0. The Labute approximate surface area is 50.7 Å². The predicted octanol–water partition coefficient (Wildman–Crippen LogP) is 0.751. The first-order chi connectivity index (χ1) is 3.80. The lowest BCUT2D eigenvalue weighted by molar-refractivity contribution is 1.32. The first kappa shape index (κ1) is 5.24. The average molecular weight is 126 g/mol. The summed E-state index contributed by atoms with van der Waals surface area (Å²) in [7, 11) is 0. The highest BCUT2D eigenvalue weighted by molar-refractivity contribution is 7.11. The van der Waals surface area contributed by atoms with E-state index >= 15 is 0 Å². The zero-order chi connectivity index (χ0) is 5.98. The van der Waals surface area contributed by atoms with Crippen LogP contribution in [0.3, 0.4) is 0 Å². The van der Waals surface area contributed by atoms with Crippen molar-refractivity contribution in [1.82, 2.24) is 10.7 Å². The summed E-state index contributed by atoms with van der Waals surface area (Å²) >= 11 is 1.31. The second-order valence-electron chi connectivity index (χ2n) is 1.21. The van der Waals surface area contributed by atoms with Gasteiger partial charge in [-0.05, 0) is 0 Å². The fourth-order valence-electron chi connectivity index (χ4n) is 0.347. The Hall–Kier alpha value is -0.900. The van der Waals surface area contributed by atoms with E-state index in [1.54, 1.807) is 11.6 Å². The van der Waals surface area contributed by atoms with Crippen molar-refractivity contribution >= 4 is 17.2 Å². The Balaban J connectivity index is 2.93. The van der Waals surface area contributed by atoms with Crippen LogP contribution in [0.4, 0.5) is 0 Å². The lowest BCUT2D eigenvalue weighted by Gasteiger charge is -1.81. The summed E-state index contributed by atoms with van der Waals surface area (Å²) in [5, 5.41) is 8.99. The molecule has 0 atom stereocenters. The maximum atomic E-state index is 6.77. The van der Waals surface area contributed by atoms with E-state index in [1.807, 2.05) is 0 Å². The summed E-state index contributed by atoms with van der Waals surface area (Å²) in [4.78, 5) is 3.72. The van der Waals surface area contributed by atoms with Crippen LogP contribution in [-0.2, 0) is 0 Å². The molecule has 4 heteroatoms. The lowest BCUT2D eigenvalue weighted by atomic mass is 10.6. The van der Waals surface area contributed by atoms with Crippen molar-refractivity contribution < 1.29 is 0 Å². The Bertz CT molecular complexity index is 179. The third kappa shape index (κ3) is 0.840. The van der Waals surface area contributed by atoms with E-state index in [9.17, 15) is 0 Å². The molecule has 0 aliphatic carbocycles. The normalized spacial score (nSPS) is 9.00. The van der Waals surface area contributed by atoms with Gasteiger partial charge in [-0.15, -0.1) is 11.3 Å². The van der Waals surface area contributed by atoms with E-state index in [1.165, 1.54) is 11.3 Å². The average Bonchev–Trinajstić information content (AvgIpc) is 2.12. The van der Waals surface area contributed by atoms with Crippen LogP contribution in [0, 0.1) is 5.41 Å². The number of aromatic nitrogens is 1. The smallest absolute Gasteiger partial charge is 0.173 e. The van der Waals surface area contributed by atoms with Crippen molar-refractivity contribution in [2.45, 2.75) is 0 Å². The highest BCUT2D eigenvalue weighted by Crippen LogP contribution is 2.01. The predicted molar refractivity (Wildman–Crippen MR) is 32.0 cm³/mol. The van der Waals surface area contributed by atoms with Gasteiger partial charge in [-0.2, -0.15) is 0 Å². The van der Waals surface area contributed by atoms with Crippen molar-refractivity contribution in [2.75, 3.05) is 0 Å². The van der Waals surface area contributed by atoms with Crippen LogP contribution in [0.1, 0.15) is 5.01 Å². The Morgan fingerprint density at radius 3 is 2.75 bits per heavy atom. The van der Waals surface area contributed by atoms with E-state index in [4.69, 9.17) is 11.1 Å². The highest BCUT2D eigenvalue weighted by atomic mass is 32.1. The van der Waals surface area contributed by atoms with E-state index < -0.39 is 0 Å². The molecule has 0 spiro atoms. The summed E-state index contributed by atoms with van der Waals surface area (Å²) in [6.45, 7) is 0. The summed E-state index contributed by atoms with van der Waals surface area (Å²) in [5.74, 6) is -0.208. The molecule has 1 aromatic rings. The van der Waals surface area contributed by atoms with Gasteiger partial charge in [0.2, 0.25) is 0 Å². The quantitative estimate of drug-likeness (QED) is 0.438. The zero-order valence-electron chi connectivity index (χ0n) is 4.01. The number of thiazole rings is 1. The topological polar surface area (TPSA) is 60.5 Å². The summed E-state index contributed by atoms with van der Waals surface area (Å²) in [5.41, 5.74) is 6.77. The van der Waals surface area contributed by atoms with Crippen LogP contribution in [0.2, 0.25) is 0 Å². The molecule has 0 unspecified atom stereocenters. The van der Waals surface area contributed by atoms with Gasteiger partial charge in [-0.3, -0.25) is 11.1 Å². The first-order valence-corrected chi connectivity index (χ1v) is 2.88. The summed E-state index contributed by atoms with van der Waals surface area (Å²) in [6, 6.07) is 0. The number of hydrogen-bond donors (Lipinski definition) is 1. The van der Waals surface area contributed by atoms with Crippen molar-refractivity contribution in [1.29, 1.82) is 5.41 Å². The monoisotopic (exact) mass is 126 g/mol. The molecule has 3 nitrogen and oxygen atoms in total. The molecular formula is C4H4N3S. The molecule has 1 heterocycles. The molecule has 1 aromatic heterocycles. The van der Waals surface area contributed by atoms with Crippen molar-refractivity contribution in [3.63, 3.8) is 0 Å². The highest BCUT2D eigenvalue weighted by Gasteiger charge is 1.95.